The second-order valence-electron chi connectivity index (χ2n) is 7.61. The smallest absolute Gasteiger partial charge is 0.248 e. The van der Waals surface area contributed by atoms with Crippen LogP contribution in [0.3, 0.4) is 0 Å². The first kappa shape index (κ1) is 18.2. The Labute approximate surface area is 149 Å². The first-order valence-electron chi connectivity index (χ1n) is 8.75. The van der Waals surface area contributed by atoms with E-state index < -0.39 is 21.5 Å². The number of hydrogen-bond donors (Lipinski definition) is 1. The Morgan fingerprint density at radius 3 is 2.60 bits per heavy atom. The minimum atomic E-state index is -3.38. The highest BCUT2D eigenvalue weighted by Crippen LogP contribution is 2.45. The molecule has 1 aliphatic carbocycles. The van der Waals surface area contributed by atoms with Crippen LogP contribution in [0.4, 0.5) is 0 Å². The van der Waals surface area contributed by atoms with Crippen LogP contribution in [0.1, 0.15) is 62.0 Å². The summed E-state index contributed by atoms with van der Waals surface area (Å²) in [5, 5.41) is 0. The molecule has 1 amide bonds. The average Bonchev–Trinajstić information content (AvgIpc) is 3.34. The highest BCUT2D eigenvalue weighted by atomic mass is 32.2. The molecule has 0 radical (unpaired) electrons. The van der Waals surface area contributed by atoms with Crippen LogP contribution in [0.15, 0.2) is 18.2 Å². The third kappa shape index (κ3) is 3.82. The summed E-state index contributed by atoms with van der Waals surface area (Å²) in [6.45, 7) is 6.11. The zero-order valence-electron chi connectivity index (χ0n) is 15.0. The fourth-order valence-corrected chi connectivity index (χ4v) is 4.73. The van der Waals surface area contributed by atoms with Gasteiger partial charge in [0, 0.05) is 24.1 Å². The summed E-state index contributed by atoms with van der Waals surface area (Å²) in [6, 6.07) is 4.68. The van der Waals surface area contributed by atoms with E-state index in [2.05, 4.69) is 0 Å². The number of fused-ring (bicyclic) bond motifs is 1. The Bertz CT molecular complexity index is 784. The molecule has 6 nitrogen and oxygen atoms in total. The molecule has 138 valence electrons. The van der Waals surface area contributed by atoms with Crippen molar-refractivity contribution in [1.29, 1.82) is 0 Å². The van der Waals surface area contributed by atoms with Crippen LogP contribution < -0.4 is 10.5 Å². The summed E-state index contributed by atoms with van der Waals surface area (Å²) >= 11 is 0. The van der Waals surface area contributed by atoms with E-state index >= 15 is 0 Å². The number of nitrogens with two attached hydrogens (primary N) is 1. The van der Waals surface area contributed by atoms with E-state index in [-0.39, 0.29) is 11.8 Å². The number of nitrogens with zero attached hydrogens (tertiary/aromatic N) is 1. The molecule has 3 rings (SSSR count). The highest BCUT2D eigenvalue weighted by molar-refractivity contribution is 7.89. The van der Waals surface area contributed by atoms with E-state index in [1.54, 1.807) is 29.4 Å². The number of primary amides is 1. The molecule has 0 spiro atoms. The number of carbonyl (C=O) groups excluding carboxylic acids is 1. The summed E-state index contributed by atoms with van der Waals surface area (Å²) in [4.78, 5) is 11.6. The molecule has 2 aliphatic rings. The fraction of sp³-hybridized carbons (Fsp3) is 0.611. The molecule has 1 aliphatic heterocycles. The molecule has 1 aromatic rings. The van der Waals surface area contributed by atoms with E-state index in [0.29, 0.717) is 30.2 Å². The summed E-state index contributed by atoms with van der Waals surface area (Å²) in [5.74, 6) is 0.578. The second kappa shape index (κ2) is 6.29. The Hall–Kier alpha value is -1.60. The molecule has 1 atom stereocenters. The van der Waals surface area contributed by atoms with E-state index in [9.17, 15) is 13.2 Å². The van der Waals surface area contributed by atoms with Gasteiger partial charge in [-0.05, 0) is 57.7 Å². The fourth-order valence-electron chi connectivity index (χ4n) is 3.38. The number of ether oxygens (including phenoxy) is 1. The topological polar surface area (TPSA) is 89.7 Å². The molecule has 1 aromatic carbocycles. The van der Waals surface area contributed by atoms with Crippen LogP contribution in [0.5, 0.6) is 5.75 Å². The van der Waals surface area contributed by atoms with Crippen LogP contribution in [-0.4, -0.2) is 36.5 Å². The van der Waals surface area contributed by atoms with Gasteiger partial charge in [0.2, 0.25) is 15.9 Å². The Balaban J connectivity index is 2.09. The van der Waals surface area contributed by atoms with Gasteiger partial charge in [-0.3, -0.25) is 4.79 Å². The SMILES string of the molecule is CCS(=O)(=O)N(CC1CC1)C1CC(C)(C)Oc2ccc(C(N)=O)cc21. The quantitative estimate of drug-likeness (QED) is 0.837. The Kier molecular flexibility index (Phi) is 4.58. The maximum absolute atomic E-state index is 12.8. The maximum atomic E-state index is 12.8. The predicted molar refractivity (Wildman–Crippen MR) is 95.9 cm³/mol. The maximum Gasteiger partial charge on any atom is 0.248 e. The van der Waals surface area contributed by atoms with Gasteiger partial charge in [0.05, 0.1) is 11.8 Å². The largest absolute Gasteiger partial charge is 0.487 e. The molecule has 25 heavy (non-hydrogen) atoms. The zero-order valence-corrected chi connectivity index (χ0v) is 15.8. The van der Waals surface area contributed by atoms with Crippen molar-refractivity contribution >= 4 is 15.9 Å². The van der Waals surface area contributed by atoms with E-state index in [1.165, 1.54) is 0 Å². The number of sulfonamides is 1. The number of hydrogen-bond acceptors (Lipinski definition) is 4. The lowest BCUT2D eigenvalue weighted by Gasteiger charge is -2.42. The third-order valence-corrected chi connectivity index (χ3v) is 6.78. The molecule has 1 saturated carbocycles. The van der Waals surface area contributed by atoms with E-state index in [1.807, 2.05) is 13.8 Å². The monoisotopic (exact) mass is 366 g/mol. The molecule has 0 saturated heterocycles. The van der Waals surface area contributed by atoms with E-state index in [0.717, 1.165) is 18.4 Å². The van der Waals surface area contributed by atoms with Crippen molar-refractivity contribution in [2.75, 3.05) is 12.3 Å². The van der Waals surface area contributed by atoms with Crippen molar-refractivity contribution in [1.82, 2.24) is 4.31 Å². The molecular formula is C18H26N2O4S. The minimum absolute atomic E-state index is 0.0579. The van der Waals surface area contributed by atoms with Crippen molar-refractivity contribution in [3.05, 3.63) is 29.3 Å². The molecule has 0 bridgehead atoms. The van der Waals surface area contributed by atoms with Gasteiger partial charge in [-0.2, -0.15) is 4.31 Å². The number of benzene rings is 1. The van der Waals surface area contributed by atoms with E-state index in [4.69, 9.17) is 10.5 Å². The number of amides is 1. The van der Waals surface area contributed by atoms with Gasteiger partial charge in [-0.25, -0.2) is 8.42 Å². The van der Waals surface area contributed by atoms with Gasteiger partial charge < -0.3 is 10.5 Å². The lowest BCUT2D eigenvalue weighted by molar-refractivity contribution is 0.0495. The number of rotatable bonds is 6. The van der Waals surface area contributed by atoms with Crippen LogP contribution in [0.25, 0.3) is 0 Å². The first-order chi connectivity index (χ1) is 11.6. The van der Waals surface area contributed by atoms with Gasteiger partial charge >= 0.3 is 0 Å². The predicted octanol–water partition coefficient (Wildman–Crippen LogP) is 2.45. The highest BCUT2D eigenvalue weighted by Gasteiger charge is 2.42. The van der Waals surface area contributed by atoms with Gasteiger partial charge in [-0.1, -0.05) is 0 Å². The molecule has 2 N–H and O–H groups in total. The molecule has 1 heterocycles. The van der Waals surface area contributed by atoms with Gasteiger partial charge in [0.25, 0.3) is 0 Å². The second-order valence-corrected chi connectivity index (χ2v) is 9.82. The Morgan fingerprint density at radius 1 is 1.36 bits per heavy atom. The minimum Gasteiger partial charge on any atom is -0.487 e. The van der Waals surface area contributed by atoms with Crippen molar-refractivity contribution < 1.29 is 17.9 Å². The van der Waals surface area contributed by atoms with Gasteiger partial charge in [0.1, 0.15) is 11.4 Å². The third-order valence-electron chi connectivity index (χ3n) is 4.93. The van der Waals surface area contributed by atoms with Crippen molar-refractivity contribution in [2.45, 2.75) is 51.7 Å². The summed E-state index contributed by atoms with van der Waals surface area (Å²) in [6.07, 6.45) is 2.67. The molecular weight excluding hydrogens is 340 g/mol. The number of carbonyl (C=O) groups is 1. The van der Waals surface area contributed by atoms with Gasteiger partial charge in [0.15, 0.2) is 0 Å². The summed E-state index contributed by atoms with van der Waals surface area (Å²) in [7, 11) is -3.38. The van der Waals surface area contributed by atoms with Gasteiger partial charge in [-0.15, -0.1) is 0 Å². The molecule has 0 aromatic heterocycles. The summed E-state index contributed by atoms with van der Waals surface area (Å²) in [5.41, 5.74) is 6.02. The van der Waals surface area contributed by atoms with Crippen LogP contribution in [0, 0.1) is 5.92 Å². The lowest BCUT2D eigenvalue weighted by Crippen LogP contribution is -2.45. The van der Waals surface area contributed by atoms with Crippen LogP contribution >= 0.6 is 0 Å². The lowest BCUT2D eigenvalue weighted by atomic mass is 9.88. The van der Waals surface area contributed by atoms with Crippen molar-refractivity contribution in [3.8, 4) is 5.75 Å². The molecule has 1 unspecified atom stereocenters. The molecule has 7 heteroatoms. The first-order valence-corrected chi connectivity index (χ1v) is 10.4. The zero-order chi connectivity index (χ0) is 18.4. The van der Waals surface area contributed by atoms with Crippen molar-refractivity contribution in [3.63, 3.8) is 0 Å². The van der Waals surface area contributed by atoms with Crippen molar-refractivity contribution in [2.24, 2.45) is 11.7 Å². The van der Waals surface area contributed by atoms with Crippen LogP contribution in [-0.2, 0) is 10.0 Å². The molecule has 1 fully saturated rings. The standard InChI is InChI=1S/C18H26N2O4S/c1-4-25(22,23)20(11-12-5-6-12)15-10-18(2,3)24-16-8-7-13(17(19)21)9-14(15)16/h7-9,12,15H,4-6,10-11H2,1-3H3,(H2,19,21). The average molecular weight is 366 g/mol. The summed E-state index contributed by atoms with van der Waals surface area (Å²) < 4.78 is 33.2. The Morgan fingerprint density at radius 2 is 2.04 bits per heavy atom. The van der Waals surface area contributed by atoms with Crippen LogP contribution in [0.2, 0.25) is 0 Å². The normalized spacial score (nSPS) is 22.3.